The minimum absolute atomic E-state index is 1.19. The number of rotatable bonds is 7. The fraction of sp³-hybridized carbons (Fsp3) is 1.00. The first-order valence-electron chi connectivity index (χ1n) is 8.36. The number of hydrogen-bond donors (Lipinski definition) is 1. The molecule has 1 aliphatic heterocycles. The van der Waals surface area contributed by atoms with Crippen molar-refractivity contribution in [1.82, 2.24) is 10.2 Å². The van der Waals surface area contributed by atoms with Crippen LogP contribution in [-0.4, -0.2) is 37.6 Å². The zero-order valence-electron chi connectivity index (χ0n) is 13.7. The van der Waals surface area contributed by atoms with E-state index in [1.54, 1.807) is 0 Å². The molecule has 0 aromatic heterocycles. The predicted molar refractivity (Wildman–Crippen MR) is 85.4 cm³/mol. The van der Waals surface area contributed by atoms with E-state index in [2.05, 4.69) is 17.1 Å². The number of nitrogens with one attached hydrogen (secondary N) is 1. The Morgan fingerprint density at radius 3 is 1.83 bits per heavy atom. The average Bonchev–Trinajstić information content (AvgIpc) is 2.48. The van der Waals surface area contributed by atoms with Crippen LogP contribution in [0.3, 0.4) is 0 Å². The van der Waals surface area contributed by atoms with Crippen LogP contribution in [0.4, 0.5) is 0 Å². The van der Waals surface area contributed by atoms with E-state index in [0.29, 0.717) is 0 Å². The first kappa shape index (κ1) is 20.2. The molecule has 0 radical (unpaired) electrons. The van der Waals surface area contributed by atoms with Crippen LogP contribution in [0.1, 0.15) is 73.1 Å². The van der Waals surface area contributed by atoms with E-state index in [1.807, 2.05) is 27.7 Å². The topological polar surface area (TPSA) is 15.3 Å². The monoisotopic (exact) mass is 258 g/mol. The molecule has 112 valence electrons. The number of nitrogens with zero attached hydrogens (tertiary/aromatic N) is 1. The van der Waals surface area contributed by atoms with E-state index in [0.717, 1.165) is 0 Å². The van der Waals surface area contributed by atoms with Gasteiger partial charge < -0.3 is 10.2 Å². The second-order valence-corrected chi connectivity index (χ2v) is 4.36. The summed E-state index contributed by atoms with van der Waals surface area (Å²) in [7, 11) is 0. The Balaban J connectivity index is 0. The van der Waals surface area contributed by atoms with Crippen molar-refractivity contribution in [3.05, 3.63) is 0 Å². The van der Waals surface area contributed by atoms with Crippen molar-refractivity contribution in [3.63, 3.8) is 0 Å². The van der Waals surface area contributed by atoms with Crippen LogP contribution in [0.2, 0.25) is 0 Å². The largest absolute Gasteiger partial charge is 0.314 e. The van der Waals surface area contributed by atoms with E-state index in [4.69, 9.17) is 0 Å². The van der Waals surface area contributed by atoms with Gasteiger partial charge in [0, 0.05) is 26.2 Å². The van der Waals surface area contributed by atoms with Crippen LogP contribution < -0.4 is 5.32 Å². The zero-order valence-corrected chi connectivity index (χ0v) is 13.7. The lowest BCUT2D eigenvalue weighted by Gasteiger charge is -2.26. The minimum Gasteiger partial charge on any atom is -0.314 e. The van der Waals surface area contributed by atoms with Crippen molar-refractivity contribution in [2.24, 2.45) is 0 Å². The Hall–Kier alpha value is -0.0800. The van der Waals surface area contributed by atoms with Crippen molar-refractivity contribution in [3.8, 4) is 0 Å². The Labute approximate surface area is 117 Å². The molecule has 0 aromatic carbocycles. The molecule has 2 heteroatoms. The Morgan fingerprint density at radius 2 is 1.28 bits per heavy atom. The maximum absolute atomic E-state index is 3.39. The van der Waals surface area contributed by atoms with Crippen molar-refractivity contribution in [2.75, 3.05) is 32.7 Å². The molecule has 1 heterocycles. The fourth-order valence-electron chi connectivity index (χ4n) is 2.05. The lowest BCUT2D eigenvalue weighted by atomic mass is 10.1. The first-order chi connectivity index (χ1) is 8.93. The molecule has 0 aromatic rings. The summed E-state index contributed by atoms with van der Waals surface area (Å²) in [5, 5.41) is 3.39. The molecule has 0 spiro atoms. The van der Waals surface area contributed by atoms with Crippen LogP contribution >= 0.6 is 0 Å². The summed E-state index contributed by atoms with van der Waals surface area (Å²) in [6.07, 6.45) is 8.51. The van der Waals surface area contributed by atoms with E-state index in [-0.39, 0.29) is 0 Å². The molecule has 0 saturated carbocycles. The maximum atomic E-state index is 3.39. The van der Waals surface area contributed by atoms with Crippen LogP contribution in [0.15, 0.2) is 0 Å². The van der Waals surface area contributed by atoms with Crippen LogP contribution in [-0.2, 0) is 0 Å². The zero-order chi connectivity index (χ0) is 14.1. The maximum Gasteiger partial charge on any atom is 0.0107 e. The molecule has 1 saturated heterocycles. The van der Waals surface area contributed by atoms with E-state index in [9.17, 15) is 0 Å². The molecular weight excluding hydrogens is 220 g/mol. The molecule has 1 aliphatic rings. The lowest BCUT2D eigenvalue weighted by molar-refractivity contribution is 0.236. The summed E-state index contributed by atoms with van der Waals surface area (Å²) in [5.41, 5.74) is 0. The van der Waals surface area contributed by atoms with Crippen LogP contribution in [0.5, 0.6) is 0 Å². The van der Waals surface area contributed by atoms with E-state index >= 15 is 0 Å². The summed E-state index contributed by atoms with van der Waals surface area (Å²) in [6, 6.07) is 0. The van der Waals surface area contributed by atoms with Crippen molar-refractivity contribution < 1.29 is 0 Å². The third-order valence-corrected chi connectivity index (χ3v) is 3.04. The summed E-state index contributed by atoms with van der Waals surface area (Å²) < 4.78 is 0. The predicted octanol–water partition coefficient (Wildman–Crippen LogP) is 4.30. The van der Waals surface area contributed by atoms with Gasteiger partial charge in [-0.25, -0.2) is 0 Å². The minimum atomic E-state index is 1.19. The first-order valence-corrected chi connectivity index (χ1v) is 8.36. The Bertz CT molecular complexity index is 120. The third-order valence-electron chi connectivity index (χ3n) is 3.04. The fourth-order valence-corrected chi connectivity index (χ4v) is 2.05. The number of hydrogen-bond acceptors (Lipinski definition) is 2. The molecule has 1 N–H and O–H groups in total. The van der Waals surface area contributed by atoms with Gasteiger partial charge in [-0.3, -0.25) is 0 Å². The van der Waals surface area contributed by atoms with Gasteiger partial charge in [-0.15, -0.1) is 0 Å². The highest BCUT2D eigenvalue weighted by molar-refractivity contribution is 4.67. The highest BCUT2D eigenvalue weighted by atomic mass is 15.2. The van der Waals surface area contributed by atoms with Crippen LogP contribution in [0.25, 0.3) is 0 Å². The second-order valence-electron chi connectivity index (χ2n) is 4.36. The summed E-state index contributed by atoms with van der Waals surface area (Å²) >= 11 is 0. The van der Waals surface area contributed by atoms with Gasteiger partial charge in [-0.2, -0.15) is 0 Å². The standard InChI is InChI=1S/C12H26N2.2C2H6/c1-2-3-4-5-6-7-10-14-11-8-13-9-12-14;2*1-2/h13H,2-12H2,1H3;2*1-2H3. The van der Waals surface area contributed by atoms with Crippen LogP contribution in [0, 0.1) is 0 Å². The van der Waals surface area contributed by atoms with Gasteiger partial charge in [0.25, 0.3) is 0 Å². The van der Waals surface area contributed by atoms with Gasteiger partial charge in [0.2, 0.25) is 0 Å². The average molecular weight is 258 g/mol. The molecule has 0 bridgehead atoms. The van der Waals surface area contributed by atoms with Gasteiger partial charge in [0.05, 0.1) is 0 Å². The summed E-state index contributed by atoms with van der Waals surface area (Å²) in [6.45, 7) is 16.5. The van der Waals surface area contributed by atoms with Crippen molar-refractivity contribution >= 4 is 0 Å². The van der Waals surface area contributed by atoms with Crippen molar-refractivity contribution in [1.29, 1.82) is 0 Å². The normalized spacial score (nSPS) is 15.2. The van der Waals surface area contributed by atoms with Gasteiger partial charge >= 0.3 is 0 Å². The molecule has 1 rings (SSSR count). The molecule has 0 atom stereocenters. The smallest absolute Gasteiger partial charge is 0.0107 e. The molecular formula is C16H38N2. The van der Waals surface area contributed by atoms with Crippen molar-refractivity contribution in [2.45, 2.75) is 73.1 Å². The van der Waals surface area contributed by atoms with Gasteiger partial charge in [0.1, 0.15) is 0 Å². The Morgan fingerprint density at radius 1 is 0.778 bits per heavy atom. The summed E-state index contributed by atoms with van der Waals surface area (Å²) in [4.78, 5) is 2.59. The Kier molecular flexibility index (Phi) is 21.7. The van der Waals surface area contributed by atoms with Gasteiger partial charge in [0.15, 0.2) is 0 Å². The molecule has 0 aliphatic carbocycles. The second kappa shape index (κ2) is 19.3. The third kappa shape index (κ3) is 14.0. The SMILES string of the molecule is CC.CC.CCCCCCCCN1CCNCC1. The molecule has 1 fully saturated rings. The molecule has 2 nitrogen and oxygen atoms in total. The molecule has 0 amide bonds. The molecule has 0 unspecified atom stereocenters. The quantitative estimate of drug-likeness (QED) is 0.685. The highest BCUT2D eigenvalue weighted by Gasteiger charge is 2.07. The van der Waals surface area contributed by atoms with Gasteiger partial charge in [-0.05, 0) is 13.0 Å². The number of piperazine rings is 1. The van der Waals surface area contributed by atoms with E-state index in [1.165, 1.54) is 71.2 Å². The summed E-state index contributed by atoms with van der Waals surface area (Å²) in [5.74, 6) is 0. The number of unbranched alkanes of at least 4 members (excludes halogenated alkanes) is 5. The van der Waals surface area contributed by atoms with E-state index < -0.39 is 0 Å². The van der Waals surface area contributed by atoms with Gasteiger partial charge in [-0.1, -0.05) is 66.7 Å². The molecule has 18 heavy (non-hydrogen) atoms. The highest BCUT2D eigenvalue weighted by Crippen LogP contribution is 2.06. The lowest BCUT2D eigenvalue weighted by Crippen LogP contribution is -2.43.